The van der Waals surface area contributed by atoms with Gasteiger partial charge in [-0.3, -0.25) is 0 Å². The third kappa shape index (κ3) is 6.10. The van der Waals surface area contributed by atoms with Crippen LogP contribution in [0.4, 0.5) is 0 Å². The lowest BCUT2D eigenvalue weighted by atomic mass is 10.1. The normalized spacial score (nSPS) is 16.3. The van der Waals surface area contributed by atoms with Gasteiger partial charge in [-0.05, 0) is 13.3 Å². The van der Waals surface area contributed by atoms with Crippen LogP contribution in [0.2, 0.25) is 0 Å². The molecular weight excluding hydrogens is 204 g/mol. The largest absolute Gasteiger partial charge is 0.382 e. The summed E-state index contributed by atoms with van der Waals surface area (Å²) in [5.41, 5.74) is 0. The number of nitrogens with zero attached hydrogens (tertiary/aromatic N) is 4. The van der Waals surface area contributed by atoms with Gasteiger partial charge >= 0.3 is 0 Å². The number of methoxy groups -OCH3 is 1. The van der Waals surface area contributed by atoms with Crippen LogP contribution in [0.1, 0.15) is 33.1 Å². The quantitative estimate of drug-likeness (QED) is 0.620. The van der Waals surface area contributed by atoms with Crippen molar-refractivity contribution in [2.75, 3.05) is 7.11 Å². The number of azo groups is 1. The van der Waals surface area contributed by atoms with Crippen LogP contribution in [-0.2, 0) is 4.74 Å². The zero-order chi connectivity index (χ0) is 12.4. The van der Waals surface area contributed by atoms with E-state index in [1.54, 1.807) is 7.11 Å². The first-order chi connectivity index (χ1) is 7.67. The minimum absolute atomic E-state index is 0.0321. The number of hydrogen-bond donors (Lipinski definition) is 0. The molecule has 88 valence electrons. The van der Waals surface area contributed by atoms with E-state index >= 15 is 0 Å². The van der Waals surface area contributed by atoms with Crippen LogP contribution in [0.3, 0.4) is 0 Å². The van der Waals surface area contributed by atoms with E-state index in [4.69, 9.17) is 15.3 Å². The van der Waals surface area contributed by atoms with Crippen LogP contribution in [0, 0.1) is 22.7 Å². The molecular formula is C11H18N4O. The van der Waals surface area contributed by atoms with E-state index < -0.39 is 12.1 Å². The van der Waals surface area contributed by atoms with Gasteiger partial charge in [0.25, 0.3) is 0 Å². The second-order valence-electron chi connectivity index (χ2n) is 3.59. The fourth-order valence-electron chi connectivity index (χ4n) is 1.12. The van der Waals surface area contributed by atoms with E-state index in [0.717, 1.165) is 6.42 Å². The van der Waals surface area contributed by atoms with Gasteiger partial charge in [-0.2, -0.15) is 20.8 Å². The lowest BCUT2D eigenvalue weighted by molar-refractivity contribution is 0.108. The highest BCUT2D eigenvalue weighted by Crippen LogP contribution is 2.08. The van der Waals surface area contributed by atoms with Crippen LogP contribution in [0.15, 0.2) is 10.2 Å². The average Bonchev–Trinajstić information content (AvgIpc) is 2.32. The van der Waals surface area contributed by atoms with Crippen molar-refractivity contribution in [2.45, 2.75) is 51.3 Å². The monoisotopic (exact) mass is 222 g/mol. The predicted molar refractivity (Wildman–Crippen MR) is 59.7 cm³/mol. The Kier molecular flexibility index (Phi) is 8.01. The molecule has 0 fully saturated rings. The number of nitriles is 2. The first kappa shape index (κ1) is 14.5. The molecule has 0 heterocycles. The summed E-state index contributed by atoms with van der Waals surface area (Å²) in [6.07, 6.45) is 2.03. The molecule has 0 bridgehead atoms. The highest BCUT2D eigenvalue weighted by atomic mass is 16.5. The minimum atomic E-state index is -0.525. The van der Waals surface area contributed by atoms with Gasteiger partial charge in [0.05, 0.1) is 18.2 Å². The minimum Gasteiger partial charge on any atom is -0.382 e. The van der Waals surface area contributed by atoms with Gasteiger partial charge in [-0.1, -0.05) is 13.3 Å². The maximum atomic E-state index is 8.84. The van der Waals surface area contributed by atoms with Crippen molar-refractivity contribution in [3.8, 4) is 12.1 Å². The molecule has 3 atom stereocenters. The molecule has 0 aliphatic heterocycles. The standard InChI is InChI=1S/C11H18N4O/c1-4-5-10(7-12)14-15-11(8-13)6-9(2)16-3/h9-11H,4-6H2,1-3H3. The Morgan fingerprint density at radius 2 is 1.75 bits per heavy atom. The van der Waals surface area contributed by atoms with E-state index in [-0.39, 0.29) is 6.10 Å². The molecule has 0 aromatic rings. The summed E-state index contributed by atoms with van der Waals surface area (Å²) in [7, 11) is 1.59. The summed E-state index contributed by atoms with van der Waals surface area (Å²) in [4.78, 5) is 0. The Balaban J connectivity index is 4.26. The maximum absolute atomic E-state index is 8.84. The molecule has 0 spiro atoms. The van der Waals surface area contributed by atoms with Gasteiger partial charge < -0.3 is 4.74 Å². The van der Waals surface area contributed by atoms with Crippen molar-refractivity contribution in [2.24, 2.45) is 10.2 Å². The summed E-state index contributed by atoms with van der Waals surface area (Å²) in [5.74, 6) is 0. The number of rotatable bonds is 7. The molecule has 3 unspecified atom stereocenters. The van der Waals surface area contributed by atoms with Crippen molar-refractivity contribution in [3.63, 3.8) is 0 Å². The van der Waals surface area contributed by atoms with Crippen LogP contribution >= 0.6 is 0 Å². The molecule has 5 heteroatoms. The zero-order valence-electron chi connectivity index (χ0n) is 10.1. The van der Waals surface area contributed by atoms with Crippen molar-refractivity contribution in [1.29, 1.82) is 10.5 Å². The Morgan fingerprint density at radius 1 is 1.19 bits per heavy atom. The van der Waals surface area contributed by atoms with E-state index in [1.165, 1.54) is 0 Å². The van der Waals surface area contributed by atoms with Crippen molar-refractivity contribution in [1.82, 2.24) is 0 Å². The SMILES string of the molecule is CCCC(C#N)N=NC(C#N)CC(C)OC. The van der Waals surface area contributed by atoms with E-state index in [2.05, 4.69) is 10.2 Å². The molecule has 0 amide bonds. The first-order valence-electron chi connectivity index (χ1n) is 5.39. The van der Waals surface area contributed by atoms with Crippen LogP contribution in [0.25, 0.3) is 0 Å². The molecule has 0 aliphatic carbocycles. The zero-order valence-corrected chi connectivity index (χ0v) is 10.1. The van der Waals surface area contributed by atoms with Gasteiger partial charge in [-0.15, -0.1) is 0 Å². The van der Waals surface area contributed by atoms with Crippen LogP contribution in [0.5, 0.6) is 0 Å². The van der Waals surface area contributed by atoms with E-state index in [1.807, 2.05) is 26.0 Å². The van der Waals surface area contributed by atoms with Gasteiger partial charge in [0.2, 0.25) is 0 Å². The summed E-state index contributed by atoms with van der Waals surface area (Å²) in [6, 6.07) is 3.13. The summed E-state index contributed by atoms with van der Waals surface area (Å²) in [5, 5.41) is 25.4. The first-order valence-corrected chi connectivity index (χ1v) is 5.39. The van der Waals surface area contributed by atoms with Crippen molar-refractivity contribution >= 4 is 0 Å². The Hall–Kier alpha value is -1.46. The summed E-state index contributed by atoms with van der Waals surface area (Å²) < 4.78 is 5.05. The summed E-state index contributed by atoms with van der Waals surface area (Å²) >= 11 is 0. The Labute approximate surface area is 96.7 Å². The Bertz CT molecular complexity index is 289. The third-order valence-corrected chi connectivity index (χ3v) is 2.16. The molecule has 5 nitrogen and oxygen atoms in total. The molecule has 0 saturated carbocycles. The lowest BCUT2D eigenvalue weighted by Crippen LogP contribution is -2.14. The second-order valence-corrected chi connectivity index (χ2v) is 3.59. The van der Waals surface area contributed by atoms with E-state index in [0.29, 0.717) is 12.8 Å². The highest BCUT2D eigenvalue weighted by Gasteiger charge is 2.12. The summed E-state index contributed by atoms with van der Waals surface area (Å²) in [6.45, 7) is 3.85. The number of hydrogen-bond acceptors (Lipinski definition) is 5. The molecule has 0 N–H and O–H groups in total. The van der Waals surface area contributed by atoms with Gasteiger partial charge in [-0.25, -0.2) is 0 Å². The molecule has 0 rings (SSSR count). The molecule has 0 aromatic carbocycles. The van der Waals surface area contributed by atoms with Gasteiger partial charge in [0.1, 0.15) is 0 Å². The smallest absolute Gasteiger partial charge is 0.159 e. The van der Waals surface area contributed by atoms with Crippen molar-refractivity contribution in [3.05, 3.63) is 0 Å². The molecule has 0 radical (unpaired) electrons. The highest BCUT2D eigenvalue weighted by molar-refractivity contribution is 4.93. The maximum Gasteiger partial charge on any atom is 0.159 e. The second kappa shape index (κ2) is 8.82. The molecule has 0 aliphatic rings. The molecule has 16 heavy (non-hydrogen) atoms. The average molecular weight is 222 g/mol. The van der Waals surface area contributed by atoms with Gasteiger partial charge in [0.15, 0.2) is 12.1 Å². The lowest BCUT2D eigenvalue weighted by Gasteiger charge is -2.10. The molecule has 0 saturated heterocycles. The predicted octanol–water partition coefficient (Wildman–Crippen LogP) is 2.45. The van der Waals surface area contributed by atoms with Crippen molar-refractivity contribution < 1.29 is 4.74 Å². The molecule has 0 aromatic heterocycles. The fourth-order valence-corrected chi connectivity index (χ4v) is 1.12. The van der Waals surface area contributed by atoms with E-state index in [9.17, 15) is 0 Å². The van der Waals surface area contributed by atoms with Gasteiger partial charge in [0, 0.05) is 13.5 Å². The van der Waals surface area contributed by atoms with Crippen LogP contribution < -0.4 is 0 Å². The number of ether oxygens (including phenoxy) is 1. The fraction of sp³-hybridized carbons (Fsp3) is 0.818. The third-order valence-electron chi connectivity index (χ3n) is 2.16. The topological polar surface area (TPSA) is 81.5 Å². The Morgan fingerprint density at radius 3 is 2.19 bits per heavy atom. The van der Waals surface area contributed by atoms with Crippen LogP contribution in [-0.4, -0.2) is 25.3 Å².